The quantitative estimate of drug-likeness (QED) is 0.922. The van der Waals surface area contributed by atoms with Gasteiger partial charge in [-0.15, -0.1) is 0 Å². The van der Waals surface area contributed by atoms with Gasteiger partial charge in [0.05, 0.1) is 0 Å². The number of piperazine rings is 1. The summed E-state index contributed by atoms with van der Waals surface area (Å²) >= 11 is 3.43. The lowest BCUT2D eigenvalue weighted by atomic mass is 10.0. The first-order chi connectivity index (χ1) is 9.04. The van der Waals surface area contributed by atoms with Crippen LogP contribution in [0.25, 0.3) is 0 Å². The third-order valence-corrected chi connectivity index (χ3v) is 4.26. The maximum atomic E-state index is 12.4. The Hall–Kier alpha value is -1.07. The van der Waals surface area contributed by atoms with E-state index >= 15 is 0 Å². The lowest BCUT2D eigenvalue weighted by molar-refractivity contribution is -0.135. The van der Waals surface area contributed by atoms with Crippen molar-refractivity contribution >= 4 is 27.5 Å². The molecule has 0 bridgehead atoms. The molecule has 4 nitrogen and oxygen atoms in total. The highest BCUT2D eigenvalue weighted by molar-refractivity contribution is 9.10. The number of hydrogen-bond acceptors (Lipinski definition) is 3. The summed E-state index contributed by atoms with van der Waals surface area (Å²) in [4.78, 5) is 16.4. The van der Waals surface area contributed by atoms with Gasteiger partial charge in [0, 0.05) is 29.8 Å². The third kappa shape index (κ3) is 2.92. The molecule has 1 amide bonds. The molecular weight excluding hydrogens is 306 g/mol. The van der Waals surface area contributed by atoms with Crippen LogP contribution in [0.15, 0.2) is 28.7 Å². The molecule has 0 aromatic heterocycles. The smallest absolute Gasteiger partial charge is 0.245 e. The maximum Gasteiger partial charge on any atom is 0.245 e. The second kappa shape index (κ2) is 5.92. The fourth-order valence-electron chi connectivity index (χ4n) is 2.48. The van der Waals surface area contributed by atoms with E-state index in [1.54, 1.807) is 0 Å². The molecule has 1 heterocycles. The van der Waals surface area contributed by atoms with Crippen LogP contribution in [0.5, 0.6) is 0 Å². The highest BCUT2D eigenvalue weighted by atomic mass is 79.9. The molecule has 2 unspecified atom stereocenters. The van der Waals surface area contributed by atoms with Gasteiger partial charge in [-0.3, -0.25) is 4.79 Å². The van der Waals surface area contributed by atoms with Gasteiger partial charge in [-0.25, -0.2) is 0 Å². The molecule has 0 spiro atoms. The van der Waals surface area contributed by atoms with Crippen LogP contribution < -0.4 is 10.6 Å². The standard InChI is InChI=1S/C14H20BrN3O/c1-10-9-18(12-5-3-11(15)4-6-12)13(7-8-16)14(19)17(10)2/h3-6,10,13H,7-9,16H2,1-2H3. The van der Waals surface area contributed by atoms with Gasteiger partial charge in [-0.1, -0.05) is 15.9 Å². The molecule has 19 heavy (non-hydrogen) atoms. The molecule has 1 saturated heterocycles. The van der Waals surface area contributed by atoms with E-state index in [0.29, 0.717) is 13.0 Å². The zero-order valence-electron chi connectivity index (χ0n) is 11.3. The Kier molecular flexibility index (Phi) is 4.47. The van der Waals surface area contributed by atoms with Crippen molar-refractivity contribution in [2.75, 3.05) is 25.0 Å². The average molecular weight is 326 g/mol. The zero-order valence-corrected chi connectivity index (χ0v) is 12.9. The van der Waals surface area contributed by atoms with E-state index in [0.717, 1.165) is 16.7 Å². The summed E-state index contributed by atoms with van der Waals surface area (Å²) in [6.45, 7) is 3.43. The SMILES string of the molecule is CC1CN(c2ccc(Br)cc2)C(CCN)C(=O)N1C. The van der Waals surface area contributed by atoms with Crippen LogP contribution in [0, 0.1) is 0 Å². The minimum atomic E-state index is -0.146. The van der Waals surface area contributed by atoms with E-state index in [2.05, 4.69) is 27.8 Å². The number of nitrogens with zero attached hydrogens (tertiary/aromatic N) is 2. The number of benzene rings is 1. The first kappa shape index (κ1) is 14.3. The van der Waals surface area contributed by atoms with Crippen LogP contribution in [0.2, 0.25) is 0 Å². The van der Waals surface area contributed by atoms with Crippen LogP contribution >= 0.6 is 15.9 Å². The van der Waals surface area contributed by atoms with Crippen LogP contribution in [-0.4, -0.2) is 43.0 Å². The normalized spacial score (nSPS) is 23.9. The largest absolute Gasteiger partial charge is 0.357 e. The van der Waals surface area contributed by atoms with Crippen LogP contribution in [0.3, 0.4) is 0 Å². The number of carbonyl (C=O) groups is 1. The second-order valence-electron chi connectivity index (χ2n) is 5.02. The minimum absolute atomic E-state index is 0.146. The van der Waals surface area contributed by atoms with E-state index in [-0.39, 0.29) is 18.0 Å². The van der Waals surface area contributed by atoms with Crippen molar-refractivity contribution in [1.82, 2.24) is 4.90 Å². The van der Waals surface area contributed by atoms with Crippen molar-refractivity contribution < 1.29 is 4.79 Å². The molecule has 1 aromatic rings. The monoisotopic (exact) mass is 325 g/mol. The summed E-state index contributed by atoms with van der Waals surface area (Å²) in [5.74, 6) is 0.159. The van der Waals surface area contributed by atoms with Crippen molar-refractivity contribution in [1.29, 1.82) is 0 Å². The number of carbonyl (C=O) groups excluding carboxylic acids is 1. The van der Waals surface area contributed by atoms with E-state index in [1.165, 1.54) is 0 Å². The number of hydrogen-bond donors (Lipinski definition) is 1. The lowest BCUT2D eigenvalue weighted by Gasteiger charge is -2.44. The molecule has 2 atom stereocenters. The van der Waals surface area contributed by atoms with Crippen molar-refractivity contribution in [3.8, 4) is 0 Å². The van der Waals surface area contributed by atoms with Crippen molar-refractivity contribution in [3.63, 3.8) is 0 Å². The van der Waals surface area contributed by atoms with Crippen molar-refractivity contribution in [2.45, 2.75) is 25.4 Å². The van der Waals surface area contributed by atoms with Crippen LogP contribution in [-0.2, 0) is 4.79 Å². The molecule has 1 aliphatic rings. The molecule has 0 aliphatic carbocycles. The van der Waals surface area contributed by atoms with E-state index < -0.39 is 0 Å². The summed E-state index contributed by atoms with van der Waals surface area (Å²) in [6.07, 6.45) is 0.686. The molecule has 1 aliphatic heterocycles. The van der Waals surface area contributed by atoms with Gasteiger partial charge >= 0.3 is 0 Å². The molecule has 2 N–H and O–H groups in total. The molecule has 2 rings (SSSR count). The van der Waals surface area contributed by atoms with Gasteiger partial charge < -0.3 is 15.5 Å². The molecule has 104 valence electrons. The number of nitrogens with two attached hydrogens (primary N) is 1. The van der Waals surface area contributed by atoms with Gasteiger partial charge in [-0.05, 0) is 44.2 Å². The number of amides is 1. The summed E-state index contributed by atoms with van der Waals surface area (Å²) < 4.78 is 1.04. The van der Waals surface area contributed by atoms with E-state index in [4.69, 9.17) is 5.73 Å². The summed E-state index contributed by atoms with van der Waals surface area (Å²) in [6, 6.07) is 8.15. The first-order valence-corrected chi connectivity index (χ1v) is 7.33. The molecule has 1 aromatic carbocycles. The average Bonchev–Trinajstić information content (AvgIpc) is 2.40. The Morgan fingerprint density at radius 1 is 1.37 bits per heavy atom. The molecule has 5 heteroatoms. The number of likely N-dealkylation sites (N-methyl/N-ethyl adjacent to an activating group) is 1. The molecular formula is C14H20BrN3O. The summed E-state index contributed by atoms with van der Waals surface area (Å²) in [5.41, 5.74) is 6.74. The van der Waals surface area contributed by atoms with Crippen molar-refractivity contribution in [2.24, 2.45) is 5.73 Å². The van der Waals surface area contributed by atoms with Gasteiger partial charge in [0.2, 0.25) is 5.91 Å². The predicted molar refractivity (Wildman–Crippen MR) is 81.2 cm³/mol. The Balaban J connectivity index is 2.29. The Labute approximate surface area is 122 Å². The summed E-state index contributed by atoms with van der Waals surface area (Å²) in [7, 11) is 1.87. The van der Waals surface area contributed by atoms with Gasteiger partial charge in [0.25, 0.3) is 0 Å². The lowest BCUT2D eigenvalue weighted by Crippen LogP contribution is -2.60. The zero-order chi connectivity index (χ0) is 14.0. The molecule has 0 saturated carbocycles. The maximum absolute atomic E-state index is 12.4. The van der Waals surface area contributed by atoms with Gasteiger partial charge in [-0.2, -0.15) is 0 Å². The van der Waals surface area contributed by atoms with Crippen molar-refractivity contribution in [3.05, 3.63) is 28.7 Å². The van der Waals surface area contributed by atoms with E-state index in [9.17, 15) is 4.79 Å². The number of anilines is 1. The topological polar surface area (TPSA) is 49.6 Å². The highest BCUT2D eigenvalue weighted by Gasteiger charge is 2.36. The first-order valence-electron chi connectivity index (χ1n) is 6.53. The van der Waals surface area contributed by atoms with Crippen LogP contribution in [0.4, 0.5) is 5.69 Å². The Bertz CT molecular complexity index is 449. The minimum Gasteiger partial charge on any atom is -0.357 e. The predicted octanol–water partition coefficient (Wildman–Crippen LogP) is 1.83. The van der Waals surface area contributed by atoms with Gasteiger partial charge in [0.1, 0.15) is 6.04 Å². The Morgan fingerprint density at radius 3 is 2.58 bits per heavy atom. The highest BCUT2D eigenvalue weighted by Crippen LogP contribution is 2.26. The van der Waals surface area contributed by atoms with Gasteiger partial charge in [0.15, 0.2) is 0 Å². The Morgan fingerprint density at radius 2 is 2.00 bits per heavy atom. The second-order valence-corrected chi connectivity index (χ2v) is 5.94. The fourth-order valence-corrected chi connectivity index (χ4v) is 2.74. The molecule has 1 fully saturated rings. The fraction of sp³-hybridized carbons (Fsp3) is 0.500. The third-order valence-electron chi connectivity index (χ3n) is 3.73. The number of rotatable bonds is 3. The number of halogens is 1. The van der Waals surface area contributed by atoms with Crippen LogP contribution in [0.1, 0.15) is 13.3 Å². The summed E-state index contributed by atoms with van der Waals surface area (Å²) in [5, 5.41) is 0. The molecule has 0 radical (unpaired) electrons. The van der Waals surface area contributed by atoms with E-state index in [1.807, 2.05) is 36.2 Å².